The van der Waals surface area contributed by atoms with Gasteiger partial charge in [-0.05, 0) is 31.5 Å². The quantitative estimate of drug-likeness (QED) is 0.707. The van der Waals surface area contributed by atoms with Crippen LogP contribution in [0.25, 0.3) is 0 Å². The van der Waals surface area contributed by atoms with Crippen LogP contribution in [-0.2, 0) is 20.8 Å². The average molecular weight is 320 g/mol. The normalized spacial score (nSPS) is 17.6. The molecule has 0 spiro atoms. The van der Waals surface area contributed by atoms with E-state index in [2.05, 4.69) is 5.32 Å². The summed E-state index contributed by atoms with van der Waals surface area (Å²) in [6.45, 7) is 4.12. The third kappa shape index (κ3) is 4.00. The molecule has 23 heavy (non-hydrogen) atoms. The molecule has 1 aromatic rings. The van der Waals surface area contributed by atoms with E-state index in [4.69, 9.17) is 5.11 Å². The fraction of sp³-hybridized carbons (Fsp3) is 0.438. The van der Waals surface area contributed by atoms with Crippen LogP contribution in [0.5, 0.6) is 5.75 Å². The van der Waals surface area contributed by atoms with Crippen molar-refractivity contribution in [2.45, 2.75) is 32.7 Å². The molecule has 1 fully saturated rings. The predicted molar refractivity (Wildman–Crippen MR) is 83.0 cm³/mol. The highest BCUT2D eigenvalue weighted by molar-refractivity contribution is 5.98. The van der Waals surface area contributed by atoms with Gasteiger partial charge in [-0.2, -0.15) is 0 Å². The maximum Gasteiger partial charge on any atom is 0.307 e. The Hall–Kier alpha value is -2.57. The fourth-order valence-corrected chi connectivity index (χ4v) is 2.61. The van der Waals surface area contributed by atoms with Crippen molar-refractivity contribution in [3.8, 4) is 5.75 Å². The van der Waals surface area contributed by atoms with Gasteiger partial charge < -0.3 is 20.4 Å². The largest absolute Gasteiger partial charge is 0.506 e. The highest BCUT2D eigenvalue weighted by atomic mass is 16.4. The predicted octanol–water partition coefficient (Wildman–Crippen LogP) is 1.21. The highest BCUT2D eigenvalue weighted by Crippen LogP contribution is 2.27. The first-order valence-corrected chi connectivity index (χ1v) is 7.42. The van der Waals surface area contributed by atoms with Crippen molar-refractivity contribution in [1.29, 1.82) is 0 Å². The molecule has 1 unspecified atom stereocenters. The Morgan fingerprint density at radius 3 is 2.65 bits per heavy atom. The Labute approximate surface area is 133 Å². The molecule has 1 aromatic carbocycles. The van der Waals surface area contributed by atoms with Crippen LogP contribution in [0, 0.1) is 5.92 Å². The number of aromatic hydroxyl groups is 1. The molecule has 7 nitrogen and oxygen atoms in total. The molecular formula is C16H20N2O5. The zero-order valence-corrected chi connectivity index (χ0v) is 13.1. The van der Waals surface area contributed by atoms with Crippen molar-refractivity contribution < 1.29 is 24.6 Å². The number of carbonyl (C=O) groups excluding carboxylic acids is 2. The zero-order chi connectivity index (χ0) is 17.1. The first-order chi connectivity index (χ1) is 10.8. The smallest absolute Gasteiger partial charge is 0.307 e. The molecule has 2 amide bonds. The second-order valence-corrected chi connectivity index (χ2v) is 5.95. The van der Waals surface area contributed by atoms with E-state index in [9.17, 15) is 19.5 Å². The number of carboxylic acid groups (broad SMARTS) is 1. The lowest BCUT2D eigenvalue weighted by molar-refractivity contribution is -0.136. The molecule has 0 aromatic heterocycles. The molecule has 1 aliphatic rings. The lowest BCUT2D eigenvalue weighted by Gasteiger charge is -2.20. The molecule has 1 aliphatic heterocycles. The molecule has 0 aliphatic carbocycles. The summed E-state index contributed by atoms with van der Waals surface area (Å²) in [5, 5.41) is 21.2. The van der Waals surface area contributed by atoms with Gasteiger partial charge in [0.05, 0.1) is 18.0 Å². The Balaban J connectivity index is 2.08. The minimum atomic E-state index is -0.998. The minimum absolute atomic E-state index is 0.0348. The second-order valence-electron chi connectivity index (χ2n) is 5.95. The number of likely N-dealkylation sites (tertiary alicyclic amines) is 1. The number of carbonyl (C=O) groups is 3. The molecule has 7 heteroatoms. The van der Waals surface area contributed by atoms with E-state index in [0.29, 0.717) is 12.1 Å². The van der Waals surface area contributed by atoms with Crippen LogP contribution in [0.1, 0.15) is 25.8 Å². The van der Waals surface area contributed by atoms with Crippen LogP contribution in [0.2, 0.25) is 0 Å². The van der Waals surface area contributed by atoms with Crippen molar-refractivity contribution >= 4 is 23.5 Å². The number of benzene rings is 1. The molecule has 3 N–H and O–H groups in total. The molecule has 2 rings (SSSR count). The second kappa shape index (κ2) is 6.68. The van der Waals surface area contributed by atoms with Crippen molar-refractivity contribution in [2.75, 3.05) is 11.9 Å². The average Bonchev–Trinajstić information content (AvgIpc) is 2.84. The lowest BCUT2D eigenvalue weighted by Crippen LogP contribution is -2.33. The minimum Gasteiger partial charge on any atom is -0.506 e. The molecule has 0 radical (unpaired) electrons. The monoisotopic (exact) mass is 320 g/mol. The van der Waals surface area contributed by atoms with Gasteiger partial charge in [-0.15, -0.1) is 0 Å². The molecule has 0 bridgehead atoms. The van der Waals surface area contributed by atoms with Crippen LogP contribution in [0.4, 0.5) is 5.69 Å². The molecule has 0 saturated carbocycles. The van der Waals surface area contributed by atoms with Gasteiger partial charge in [0.2, 0.25) is 11.8 Å². The summed E-state index contributed by atoms with van der Waals surface area (Å²) in [5.74, 6) is -2.04. The van der Waals surface area contributed by atoms with Gasteiger partial charge in [0, 0.05) is 19.0 Å². The first-order valence-electron chi connectivity index (χ1n) is 7.42. The zero-order valence-electron chi connectivity index (χ0n) is 13.1. The van der Waals surface area contributed by atoms with Crippen molar-refractivity contribution in [2.24, 2.45) is 5.92 Å². The lowest BCUT2D eigenvalue weighted by atomic mass is 10.1. The van der Waals surface area contributed by atoms with E-state index in [-0.39, 0.29) is 42.1 Å². The van der Waals surface area contributed by atoms with E-state index in [1.807, 2.05) is 13.8 Å². The number of phenols is 1. The molecule has 1 heterocycles. The summed E-state index contributed by atoms with van der Waals surface area (Å²) in [4.78, 5) is 36.5. The van der Waals surface area contributed by atoms with E-state index < -0.39 is 11.9 Å². The Bertz CT molecular complexity index is 641. The SMILES string of the molecule is CC(C)N1CC(C(=O)Nc2cc(CC(=O)O)ccc2O)CC1=O. The summed E-state index contributed by atoms with van der Waals surface area (Å²) in [6, 6.07) is 4.29. The standard InChI is InChI=1S/C16H20N2O5/c1-9(2)18-8-11(7-14(18)20)16(23)17-12-5-10(6-15(21)22)3-4-13(12)19/h3-5,9,11,19H,6-8H2,1-2H3,(H,17,23)(H,21,22). The number of nitrogens with zero attached hydrogens (tertiary/aromatic N) is 1. The van der Waals surface area contributed by atoms with Crippen LogP contribution in [0.15, 0.2) is 18.2 Å². The van der Waals surface area contributed by atoms with E-state index in [1.165, 1.54) is 18.2 Å². The van der Waals surface area contributed by atoms with Crippen LogP contribution >= 0.6 is 0 Å². The third-order valence-electron chi connectivity index (χ3n) is 3.83. The molecule has 1 saturated heterocycles. The van der Waals surface area contributed by atoms with Crippen molar-refractivity contribution in [3.63, 3.8) is 0 Å². The summed E-state index contributed by atoms with van der Waals surface area (Å²) in [6.07, 6.45) is -0.0637. The number of carboxylic acids is 1. The van der Waals surface area contributed by atoms with Crippen molar-refractivity contribution in [3.05, 3.63) is 23.8 Å². The number of rotatable bonds is 5. The van der Waals surface area contributed by atoms with Gasteiger partial charge in [-0.25, -0.2) is 0 Å². The number of hydrogen-bond donors (Lipinski definition) is 3. The van der Waals surface area contributed by atoms with E-state index >= 15 is 0 Å². The van der Waals surface area contributed by atoms with Gasteiger partial charge in [0.15, 0.2) is 0 Å². The van der Waals surface area contributed by atoms with Crippen LogP contribution < -0.4 is 5.32 Å². The topological polar surface area (TPSA) is 107 Å². The summed E-state index contributed by atoms with van der Waals surface area (Å²) >= 11 is 0. The third-order valence-corrected chi connectivity index (χ3v) is 3.83. The van der Waals surface area contributed by atoms with Crippen molar-refractivity contribution in [1.82, 2.24) is 4.90 Å². The van der Waals surface area contributed by atoms with Gasteiger partial charge >= 0.3 is 5.97 Å². The van der Waals surface area contributed by atoms with Gasteiger partial charge in [0.25, 0.3) is 0 Å². The van der Waals surface area contributed by atoms with Gasteiger partial charge in [0.1, 0.15) is 5.75 Å². The summed E-state index contributed by atoms with van der Waals surface area (Å²) in [7, 11) is 0. The van der Waals surface area contributed by atoms with E-state index in [1.54, 1.807) is 4.90 Å². The van der Waals surface area contributed by atoms with Gasteiger partial charge in [-0.3, -0.25) is 14.4 Å². The number of aliphatic carboxylic acids is 1. The number of phenolic OH excluding ortho intramolecular Hbond substituents is 1. The first kappa shape index (κ1) is 16.8. The van der Waals surface area contributed by atoms with Crippen LogP contribution in [-0.4, -0.2) is 45.5 Å². The summed E-state index contributed by atoms with van der Waals surface area (Å²) in [5.41, 5.74) is 0.626. The number of anilines is 1. The molecule has 1 atom stereocenters. The number of amides is 2. The van der Waals surface area contributed by atoms with E-state index in [0.717, 1.165) is 0 Å². The Morgan fingerprint density at radius 2 is 2.09 bits per heavy atom. The Kier molecular flexibility index (Phi) is 4.88. The molecule has 124 valence electrons. The fourth-order valence-electron chi connectivity index (χ4n) is 2.61. The summed E-state index contributed by atoms with van der Waals surface area (Å²) < 4.78 is 0. The molecular weight excluding hydrogens is 300 g/mol. The van der Waals surface area contributed by atoms with Gasteiger partial charge in [-0.1, -0.05) is 6.07 Å². The number of nitrogens with one attached hydrogen (secondary N) is 1. The highest BCUT2D eigenvalue weighted by Gasteiger charge is 2.35. The number of hydrogen-bond acceptors (Lipinski definition) is 4. The van der Waals surface area contributed by atoms with Crippen LogP contribution in [0.3, 0.4) is 0 Å². The maximum absolute atomic E-state index is 12.3. The maximum atomic E-state index is 12.3. The Morgan fingerprint density at radius 1 is 1.39 bits per heavy atom.